The highest BCUT2D eigenvalue weighted by Gasteiger charge is 2.15. The fraction of sp³-hybridized carbons (Fsp3) is 0.125. The van der Waals surface area contributed by atoms with Gasteiger partial charge in [-0.25, -0.2) is 4.79 Å². The first-order valence-corrected chi connectivity index (χ1v) is 9.11. The van der Waals surface area contributed by atoms with Crippen LogP contribution < -0.4 is 10.1 Å². The van der Waals surface area contributed by atoms with Crippen LogP contribution >= 0.6 is 0 Å². The zero-order chi connectivity index (χ0) is 22.1. The second-order valence-electron chi connectivity index (χ2n) is 6.26. The van der Waals surface area contributed by atoms with Crippen LogP contribution in [0.1, 0.15) is 38.0 Å². The lowest BCUT2D eigenvalue weighted by atomic mass is 10.1. The van der Waals surface area contributed by atoms with Crippen molar-refractivity contribution in [1.82, 2.24) is 0 Å². The first kappa shape index (κ1) is 22.4. The quantitative estimate of drug-likeness (QED) is 0.374. The van der Waals surface area contributed by atoms with Gasteiger partial charge in [0.15, 0.2) is 5.78 Å². The number of amides is 1. The van der Waals surface area contributed by atoms with Gasteiger partial charge >= 0.3 is 5.97 Å². The molecule has 0 atom stereocenters. The first-order chi connectivity index (χ1) is 14.4. The Labute approximate surface area is 175 Å². The van der Waals surface area contributed by atoms with E-state index >= 15 is 0 Å². The molecule has 2 aromatic rings. The molecular weight excluding hydrogens is 382 g/mol. The molecule has 0 aromatic heterocycles. The van der Waals surface area contributed by atoms with Crippen LogP contribution in [0.2, 0.25) is 0 Å². The summed E-state index contributed by atoms with van der Waals surface area (Å²) in [6.07, 6.45) is 5.02. The van der Waals surface area contributed by atoms with Gasteiger partial charge in [-0.1, -0.05) is 37.5 Å². The third-order valence-corrected chi connectivity index (χ3v) is 4.17. The van der Waals surface area contributed by atoms with E-state index in [2.05, 4.69) is 23.2 Å². The summed E-state index contributed by atoms with van der Waals surface area (Å²) in [7, 11) is 1.27. The van der Waals surface area contributed by atoms with Gasteiger partial charge in [0, 0.05) is 11.1 Å². The molecular formula is C24H23NO5. The number of hydrogen-bond acceptors (Lipinski definition) is 5. The molecule has 0 saturated carbocycles. The molecule has 0 bridgehead atoms. The Balaban J connectivity index is 2.32. The maximum Gasteiger partial charge on any atom is 0.337 e. The molecule has 154 valence electrons. The molecule has 0 heterocycles. The Hall–Kier alpha value is -3.93. The summed E-state index contributed by atoms with van der Waals surface area (Å²) >= 11 is 0. The third kappa shape index (κ3) is 5.78. The minimum Gasteiger partial charge on any atom is -0.487 e. The van der Waals surface area contributed by atoms with E-state index in [1.807, 2.05) is 0 Å². The molecule has 1 amide bonds. The van der Waals surface area contributed by atoms with Crippen molar-refractivity contribution < 1.29 is 23.9 Å². The highest BCUT2D eigenvalue weighted by atomic mass is 16.5. The number of allylic oxidation sites excluding steroid dienone is 2. The van der Waals surface area contributed by atoms with Crippen molar-refractivity contribution in [2.24, 2.45) is 0 Å². The van der Waals surface area contributed by atoms with E-state index in [0.29, 0.717) is 17.0 Å². The van der Waals surface area contributed by atoms with Crippen LogP contribution in [0.15, 0.2) is 79.4 Å². The van der Waals surface area contributed by atoms with Gasteiger partial charge in [0.2, 0.25) is 0 Å². The number of hydrogen-bond donors (Lipinski definition) is 1. The number of carbonyl (C=O) groups is 3. The molecule has 0 aliphatic rings. The maximum absolute atomic E-state index is 12.8. The predicted octanol–water partition coefficient (Wildman–Crippen LogP) is 4.61. The summed E-state index contributed by atoms with van der Waals surface area (Å²) in [5, 5.41) is 2.75. The Morgan fingerprint density at radius 1 is 1.03 bits per heavy atom. The van der Waals surface area contributed by atoms with Gasteiger partial charge in [-0.15, -0.1) is 0 Å². The lowest BCUT2D eigenvalue weighted by Crippen LogP contribution is -2.15. The van der Waals surface area contributed by atoms with Gasteiger partial charge in [0.25, 0.3) is 5.91 Å². The van der Waals surface area contributed by atoms with Gasteiger partial charge in [0.1, 0.15) is 12.4 Å². The molecule has 2 rings (SSSR count). The number of rotatable bonds is 9. The van der Waals surface area contributed by atoms with Crippen molar-refractivity contribution in [1.29, 1.82) is 0 Å². The average Bonchev–Trinajstić information content (AvgIpc) is 2.76. The van der Waals surface area contributed by atoms with Crippen molar-refractivity contribution >= 4 is 23.3 Å². The Morgan fingerprint density at radius 3 is 2.40 bits per heavy atom. The van der Waals surface area contributed by atoms with Crippen LogP contribution in [0.4, 0.5) is 5.69 Å². The van der Waals surface area contributed by atoms with E-state index in [-0.39, 0.29) is 23.5 Å². The molecule has 6 nitrogen and oxygen atoms in total. The second kappa shape index (κ2) is 10.6. The molecule has 0 spiro atoms. The molecule has 0 aliphatic heterocycles. The summed E-state index contributed by atoms with van der Waals surface area (Å²) in [5.41, 5.74) is 2.06. The monoisotopic (exact) mass is 405 g/mol. The van der Waals surface area contributed by atoms with E-state index in [9.17, 15) is 14.4 Å². The zero-order valence-corrected chi connectivity index (χ0v) is 16.9. The number of benzene rings is 2. The normalized spacial score (nSPS) is 10.7. The topological polar surface area (TPSA) is 81.7 Å². The number of anilines is 1. The molecule has 0 unspecified atom stereocenters. The van der Waals surface area contributed by atoms with Crippen molar-refractivity contribution in [2.75, 3.05) is 19.0 Å². The van der Waals surface area contributed by atoms with E-state index < -0.39 is 11.9 Å². The van der Waals surface area contributed by atoms with E-state index in [4.69, 9.17) is 4.74 Å². The summed E-state index contributed by atoms with van der Waals surface area (Å²) in [4.78, 5) is 36.3. The fourth-order valence-electron chi connectivity index (χ4n) is 2.56. The number of ether oxygens (including phenoxy) is 2. The van der Waals surface area contributed by atoms with Gasteiger partial charge in [0.05, 0.1) is 18.4 Å². The standard InChI is InChI=1S/C24H23NO5/c1-5-8-17(6-2)15-30-22-12-11-18(16(3)26)14-21(22)25-23(27)19-9-7-10-20(13-19)24(28)29-4/h5-14H,1-2,15H2,3-4H3,(H,25,27)/b17-8+. The van der Waals surface area contributed by atoms with Crippen LogP contribution in [0.5, 0.6) is 5.75 Å². The lowest BCUT2D eigenvalue weighted by Gasteiger charge is -2.14. The Morgan fingerprint density at radius 2 is 1.77 bits per heavy atom. The maximum atomic E-state index is 12.8. The van der Waals surface area contributed by atoms with Crippen molar-refractivity contribution in [3.05, 3.63) is 96.1 Å². The summed E-state index contributed by atoms with van der Waals surface area (Å²) in [6, 6.07) is 10.9. The average molecular weight is 405 g/mol. The van der Waals surface area contributed by atoms with Crippen LogP contribution in [0, 0.1) is 0 Å². The molecule has 30 heavy (non-hydrogen) atoms. The van der Waals surface area contributed by atoms with Crippen LogP contribution in [-0.4, -0.2) is 31.4 Å². The third-order valence-electron chi connectivity index (χ3n) is 4.17. The summed E-state index contributed by atoms with van der Waals surface area (Å²) in [5.74, 6) is -0.771. The van der Waals surface area contributed by atoms with Gasteiger partial charge < -0.3 is 14.8 Å². The van der Waals surface area contributed by atoms with Crippen LogP contribution in [-0.2, 0) is 4.74 Å². The number of Topliss-reactive ketones (excluding diaryl/α,β-unsaturated/α-hetero) is 1. The number of ketones is 1. The molecule has 0 aliphatic carbocycles. The lowest BCUT2D eigenvalue weighted by molar-refractivity contribution is 0.0600. The van der Waals surface area contributed by atoms with Crippen LogP contribution in [0.25, 0.3) is 0 Å². The molecule has 6 heteroatoms. The number of methoxy groups -OCH3 is 1. The van der Waals surface area contributed by atoms with Gasteiger partial charge in [-0.3, -0.25) is 9.59 Å². The minimum atomic E-state index is -0.543. The smallest absolute Gasteiger partial charge is 0.337 e. The first-order valence-electron chi connectivity index (χ1n) is 9.11. The molecule has 0 fully saturated rings. The summed E-state index contributed by atoms with van der Waals surface area (Å²) < 4.78 is 10.5. The Kier molecular flexibility index (Phi) is 7.88. The van der Waals surface area contributed by atoms with E-state index in [0.717, 1.165) is 5.57 Å². The van der Waals surface area contributed by atoms with E-state index in [1.54, 1.807) is 54.6 Å². The largest absolute Gasteiger partial charge is 0.487 e. The fourth-order valence-corrected chi connectivity index (χ4v) is 2.56. The molecule has 0 saturated heterocycles. The Bertz CT molecular complexity index is 1020. The van der Waals surface area contributed by atoms with Crippen molar-refractivity contribution in [2.45, 2.75) is 6.92 Å². The highest BCUT2D eigenvalue weighted by Crippen LogP contribution is 2.27. The van der Waals surface area contributed by atoms with Gasteiger partial charge in [-0.05, 0) is 48.9 Å². The number of nitrogens with one attached hydrogen (secondary N) is 1. The molecule has 1 N–H and O–H groups in total. The highest BCUT2D eigenvalue weighted by molar-refractivity contribution is 6.07. The van der Waals surface area contributed by atoms with Crippen molar-refractivity contribution in [3.8, 4) is 5.75 Å². The van der Waals surface area contributed by atoms with E-state index in [1.165, 1.54) is 20.1 Å². The minimum absolute atomic E-state index is 0.150. The molecule has 0 radical (unpaired) electrons. The number of esters is 1. The zero-order valence-electron chi connectivity index (χ0n) is 16.9. The van der Waals surface area contributed by atoms with Crippen LogP contribution in [0.3, 0.4) is 0 Å². The van der Waals surface area contributed by atoms with Gasteiger partial charge in [-0.2, -0.15) is 0 Å². The SMILES string of the molecule is C=C/C=C(\C=C)COc1ccc(C(C)=O)cc1NC(=O)c1cccc(C(=O)OC)c1. The second-order valence-corrected chi connectivity index (χ2v) is 6.26. The number of carbonyl (C=O) groups excluding carboxylic acids is 3. The predicted molar refractivity (Wildman–Crippen MR) is 116 cm³/mol. The summed E-state index contributed by atoms with van der Waals surface area (Å²) in [6.45, 7) is 9.00. The van der Waals surface area contributed by atoms with Crippen molar-refractivity contribution in [3.63, 3.8) is 0 Å². The molecule has 2 aromatic carbocycles.